The number of esters is 3. The minimum absolute atomic E-state index is 0.309. The van der Waals surface area contributed by atoms with E-state index in [9.17, 15) is 19.2 Å². The fourth-order valence-electron chi connectivity index (χ4n) is 6.86. The van der Waals surface area contributed by atoms with Gasteiger partial charge in [0, 0.05) is 23.9 Å². The standard InChI is InChI=1S/C50H63NO8/c1-35(51(33-46(54)58-49(5,6)7)44(52)31-40(47(55)59-50(8,9)10)32-45(53)57-48(2,3)4)41(28-26-36-20-14-11-15-21-36)39-27-29-42(38-24-18-13-19-25-38)43(30-39)56-34-37-22-16-12-17-23-37/h11-25,27,29-30,35,40-41H,26,28,31-34H2,1-10H3. The molecule has 0 heterocycles. The summed E-state index contributed by atoms with van der Waals surface area (Å²) in [4.78, 5) is 56.7. The van der Waals surface area contributed by atoms with Gasteiger partial charge in [-0.05, 0) is 110 Å². The lowest BCUT2D eigenvalue weighted by molar-refractivity contribution is -0.169. The first-order chi connectivity index (χ1) is 27.7. The lowest BCUT2D eigenvalue weighted by Crippen LogP contribution is -2.47. The normalized spacial score (nSPS) is 13.4. The zero-order chi connectivity index (χ0) is 43.4. The Balaban J connectivity index is 1.80. The van der Waals surface area contributed by atoms with Crippen LogP contribution in [-0.4, -0.2) is 58.1 Å². The molecule has 3 unspecified atom stereocenters. The molecular formula is C50H63NO8. The highest BCUT2D eigenvalue weighted by atomic mass is 16.6. The molecule has 0 aliphatic heterocycles. The molecule has 4 aromatic rings. The summed E-state index contributed by atoms with van der Waals surface area (Å²) in [6.07, 6.45) is 0.543. The summed E-state index contributed by atoms with van der Waals surface area (Å²) in [6.45, 7) is 17.6. The second-order valence-corrected chi connectivity index (χ2v) is 18.1. The van der Waals surface area contributed by atoms with E-state index in [4.69, 9.17) is 18.9 Å². The molecule has 1 amide bonds. The lowest BCUT2D eigenvalue weighted by atomic mass is 9.84. The van der Waals surface area contributed by atoms with Crippen LogP contribution in [0.4, 0.5) is 0 Å². The van der Waals surface area contributed by atoms with Crippen LogP contribution in [0.3, 0.4) is 0 Å². The van der Waals surface area contributed by atoms with Gasteiger partial charge in [-0.15, -0.1) is 0 Å². The topological polar surface area (TPSA) is 108 Å². The summed E-state index contributed by atoms with van der Waals surface area (Å²) in [6, 6.07) is 35.7. The number of nitrogens with zero attached hydrogens (tertiary/aromatic N) is 1. The number of carbonyl (C=O) groups is 4. The number of hydrogen-bond donors (Lipinski definition) is 0. The van der Waals surface area contributed by atoms with E-state index in [0.717, 1.165) is 27.8 Å². The van der Waals surface area contributed by atoms with Gasteiger partial charge in [0.15, 0.2) is 0 Å². The second-order valence-electron chi connectivity index (χ2n) is 18.1. The zero-order valence-electron chi connectivity index (χ0n) is 36.6. The maximum atomic E-state index is 14.7. The van der Waals surface area contributed by atoms with Crippen molar-refractivity contribution in [2.24, 2.45) is 5.92 Å². The third-order valence-electron chi connectivity index (χ3n) is 9.45. The Morgan fingerprint density at radius 1 is 0.610 bits per heavy atom. The Hall–Kier alpha value is -5.44. The Kier molecular flexibility index (Phi) is 16.1. The van der Waals surface area contributed by atoms with Gasteiger partial charge in [-0.25, -0.2) is 0 Å². The number of benzene rings is 4. The van der Waals surface area contributed by atoms with Gasteiger partial charge in [0.1, 0.15) is 35.7 Å². The molecule has 0 aliphatic rings. The van der Waals surface area contributed by atoms with E-state index >= 15 is 0 Å². The number of aryl methyl sites for hydroxylation is 1. The number of amides is 1. The van der Waals surface area contributed by atoms with Gasteiger partial charge >= 0.3 is 17.9 Å². The van der Waals surface area contributed by atoms with Gasteiger partial charge < -0.3 is 23.8 Å². The van der Waals surface area contributed by atoms with E-state index in [1.54, 1.807) is 62.3 Å². The van der Waals surface area contributed by atoms with Crippen molar-refractivity contribution in [2.75, 3.05) is 6.54 Å². The van der Waals surface area contributed by atoms with Crippen molar-refractivity contribution in [1.82, 2.24) is 4.90 Å². The van der Waals surface area contributed by atoms with Crippen molar-refractivity contribution in [2.45, 2.75) is 130 Å². The van der Waals surface area contributed by atoms with E-state index in [1.807, 2.05) is 97.9 Å². The molecule has 59 heavy (non-hydrogen) atoms. The van der Waals surface area contributed by atoms with Gasteiger partial charge in [0.25, 0.3) is 0 Å². The highest BCUT2D eigenvalue weighted by Gasteiger charge is 2.37. The van der Waals surface area contributed by atoms with Crippen LogP contribution in [0.25, 0.3) is 11.1 Å². The maximum absolute atomic E-state index is 14.7. The van der Waals surface area contributed by atoms with Crippen molar-refractivity contribution in [3.8, 4) is 16.9 Å². The van der Waals surface area contributed by atoms with Crippen molar-refractivity contribution >= 4 is 23.8 Å². The second kappa shape index (κ2) is 20.5. The zero-order valence-corrected chi connectivity index (χ0v) is 36.6. The number of ether oxygens (including phenoxy) is 4. The highest BCUT2D eigenvalue weighted by Crippen LogP contribution is 2.37. The largest absolute Gasteiger partial charge is 0.488 e. The molecule has 9 nitrogen and oxygen atoms in total. The monoisotopic (exact) mass is 805 g/mol. The average Bonchev–Trinajstić information content (AvgIpc) is 3.15. The van der Waals surface area contributed by atoms with Gasteiger partial charge in [0.2, 0.25) is 5.91 Å². The first kappa shape index (κ1) is 46.3. The van der Waals surface area contributed by atoms with Crippen LogP contribution in [-0.2, 0) is 46.4 Å². The SMILES string of the molecule is CC(C(CCc1ccccc1)c1ccc(-c2ccccc2)c(OCc2ccccc2)c1)N(CC(=O)OC(C)(C)C)C(=O)CC(CC(=O)OC(C)(C)C)C(=O)OC(C)(C)C. The van der Waals surface area contributed by atoms with Crippen LogP contribution in [0.15, 0.2) is 109 Å². The summed E-state index contributed by atoms with van der Waals surface area (Å²) >= 11 is 0. The summed E-state index contributed by atoms with van der Waals surface area (Å²) in [5, 5.41) is 0. The van der Waals surface area contributed by atoms with Crippen molar-refractivity contribution in [3.63, 3.8) is 0 Å². The average molecular weight is 806 g/mol. The van der Waals surface area contributed by atoms with Gasteiger partial charge in [-0.1, -0.05) is 103 Å². The molecule has 0 fully saturated rings. The van der Waals surface area contributed by atoms with Crippen molar-refractivity contribution in [1.29, 1.82) is 0 Å². The fraction of sp³-hybridized carbons (Fsp3) is 0.440. The predicted molar refractivity (Wildman–Crippen MR) is 232 cm³/mol. The lowest BCUT2D eigenvalue weighted by Gasteiger charge is -2.36. The van der Waals surface area contributed by atoms with Crippen LogP contribution in [0, 0.1) is 5.92 Å². The quantitative estimate of drug-likeness (QED) is 0.0767. The number of carbonyl (C=O) groups excluding carboxylic acids is 4. The molecule has 0 radical (unpaired) electrons. The first-order valence-electron chi connectivity index (χ1n) is 20.5. The first-order valence-corrected chi connectivity index (χ1v) is 20.5. The van der Waals surface area contributed by atoms with E-state index in [2.05, 4.69) is 18.2 Å². The van der Waals surface area contributed by atoms with Crippen molar-refractivity contribution < 1.29 is 38.1 Å². The minimum atomic E-state index is -1.16. The number of hydrogen-bond acceptors (Lipinski definition) is 8. The molecular weight excluding hydrogens is 743 g/mol. The van der Waals surface area contributed by atoms with Gasteiger partial charge in [-0.3, -0.25) is 19.2 Å². The molecule has 3 atom stereocenters. The molecule has 0 aliphatic carbocycles. The van der Waals surface area contributed by atoms with Crippen LogP contribution in [0.1, 0.15) is 111 Å². The molecule has 0 spiro atoms. The third-order valence-corrected chi connectivity index (χ3v) is 9.45. The molecule has 9 heteroatoms. The van der Waals surface area contributed by atoms with Gasteiger partial charge in [-0.2, -0.15) is 0 Å². The van der Waals surface area contributed by atoms with Crippen LogP contribution < -0.4 is 4.74 Å². The molecule has 0 saturated heterocycles. The predicted octanol–water partition coefficient (Wildman–Crippen LogP) is 10.3. The third kappa shape index (κ3) is 15.7. The minimum Gasteiger partial charge on any atom is -0.488 e. The molecule has 0 saturated carbocycles. The fourth-order valence-corrected chi connectivity index (χ4v) is 6.86. The number of rotatable bonds is 17. The van der Waals surface area contributed by atoms with Gasteiger partial charge in [0.05, 0.1) is 12.3 Å². The Bertz CT molecular complexity index is 1970. The summed E-state index contributed by atoms with van der Waals surface area (Å²) < 4.78 is 23.6. The van der Waals surface area contributed by atoms with E-state index in [1.165, 1.54) is 4.90 Å². The van der Waals surface area contributed by atoms with E-state index < -0.39 is 52.6 Å². The van der Waals surface area contributed by atoms with E-state index in [0.29, 0.717) is 25.2 Å². The van der Waals surface area contributed by atoms with Crippen LogP contribution in [0.5, 0.6) is 5.75 Å². The Labute approximate surface area is 351 Å². The van der Waals surface area contributed by atoms with E-state index in [-0.39, 0.29) is 25.3 Å². The smallest absolute Gasteiger partial charge is 0.326 e. The van der Waals surface area contributed by atoms with Crippen LogP contribution in [0.2, 0.25) is 0 Å². The highest BCUT2D eigenvalue weighted by molar-refractivity contribution is 5.88. The summed E-state index contributed by atoms with van der Waals surface area (Å²) in [7, 11) is 0. The molecule has 4 aromatic carbocycles. The van der Waals surface area contributed by atoms with Crippen LogP contribution >= 0.6 is 0 Å². The summed E-state index contributed by atoms with van der Waals surface area (Å²) in [5.41, 5.74) is 2.49. The van der Waals surface area contributed by atoms with Crippen molar-refractivity contribution in [3.05, 3.63) is 126 Å². The Morgan fingerprint density at radius 3 is 1.69 bits per heavy atom. The maximum Gasteiger partial charge on any atom is 0.326 e. The molecule has 316 valence electrons. The molecule has 0 bridgehead atoms. The summed E-state index contributed by atoms with van der Waals surface area (Å²) in [5.74, 6) is -3.19. The molecule has 4 rings (SSSR count). The molecule has 0 aromatic heterocycles. The molecule has 0 N–H and O–H groups in total. The Morgan fingerprint density at radius 2 is 1.14 bits per heavy atom.